The highest BCUT2D eigenvalue weighted by atomic mass is 19.4. The van der Waals surface area contributed by atoms with Gasteiger partial charge in [0.25, 0.3) is 0 Å². The molecule has 0 saturated heterocycles. The number of carbonyl (C=O) groups excluding carboxylic acids is 1. The van der Waals surface area contributed by atoms with Crippen LogP contribution in [0, 0.1) is 5.92 Å². The third kappa shape index (κ3) is 5.66. The van der Waals surface area contributed by atoms with Crippen molar-refractivity contribution < 1.29 is 27.9 Å². The number of aliphatic carboxylic acids is 1. The molecule has 2 amide bonds. The molecule has 1 fully saturated rings. The largest absolute Gasteiger partial charge is 0.480 e. The molecule has 0 aromatic heterocycles. The molecule has 0 aliphatic heterocycles. The number of carboxylic acid groups (broad SMARTS) is 1. The summed E-state index contributed by atoms with van der Waals surface area (Å²) < 4.78 is 37.1. The second-order valence-electron chi connectivity index (χ2n) is 5.18. The molecule has 0 heterocycles. The monoisotopic (exact) mass is 296 g/mol. The van der Waals surface area contributed by atoms with Crippen LogP contribution in [0.5, 0.6) is 0 Å². The van der Waals surface area contributed by atoms with E-state index in [0.717, 1.165) is 25.7 Å². The summed E-state index contributed by atoms with van der Waals surface area (Å²) in [5.74, 6) is -1.17. The molecule has 0 aromatic carbocycles. The second kappa shape index (κ2) is 6.81. The van der Waals surface area contributed by atoms with E-state index in [0.29, 0.717) is 17.4 Å². The fourth-order valence-electron chi connectivity index (χ4n) is 2.47. The molecule has 1 rings (SSSR count). The van der Waals surface area contributed by atoms with Crippen LogP contribution in [0.25, 0.3) is 0 Å². The first-order valence-corrected chi connectivity index (χ1v) is 6.47. The Balaban J connectivity index is 2.62. The molecule has 1 aliphatic rings. The maximum Gasteiger partial charge on any atom is 0.406 e. The zero-order valence-corrected chi connectivity index (χ0v) is 11.3. The molecule has 0 spiro atoms. The number of urea groups is 1. The lowest BCUT2D eigenvalue weighted by molar-refractivity contribution is -0.149. The average Bonchev–Trinajstić information content (AvgIpc) is 2.77. The molecule has 0 aromatic rings. The number of hydrogen-bond donors (Lipinski definition) is 1. The van der Waals surface area contributed by atoms with Crippen molar-refractivity contribution in [3.05, 3.63) is 0 Å². The van der Waals surface area contributed by atoms with Gasteiger partial charge in [0.1, 0.15) is 13.1 Å². The fourth-order valence-corrected chi connectivity index (χ4v) is 2.47. The maximum atomic E-state index is 12.4. The average molecular weight is 296 g/mol. The van der Waals surface area contributed by atoms with Crippen LogP contribution in [0.4, 0.5) is 18.0 Å². The molecule has 8 heteroatoms. The van der Waals surface area contributed by atoms with Crippen molar-refractivity contribution in [3.63, 3.8) is 0 Å². The topological polar surface area (TPSA) is 60.9 Å². The first kappa shape index (κ1) is 16.6. The number of hydrogen-bond acceptors (Lipinski definition) is 2. The van der Waals surface area contributed by atoms with E-state index in [1.54, 1.807) is 0 Å². The minimum Gasteiger partial charge on any atom is -0.480 e. The third-order valence-electron chi connectivity index (χ3n) is 3.30. The molecule has 0 atom stereocenters. The van der Waals surface area contributed by atoms with Crippen LogP contribution in [0.1, 0.15) is 25.7 Å². The number of alkyl halides is 3. The van der Waals surface area contributed by atoms with Gasteiger partial charge in [-0.3, -0.25) is 4.79 Å². The summed E-state index contributed by atoms with van der Waals surface area (Å²) in [6.07, 6.45) is -0.576. The lowest BCUT2D eigenvalue weighted by Gasteiger charge is -2.29. The minimum atomic E-state index is -4.61. The molecule has 0 unspecified atom stereocenters. The van der Waals surface area contributed by atoms with E-state index in [1.807, 2.05) is 0 Å². The van der Waals surface area contributed by atoms with Gasteiger partial charge in [-0.25, -0.2) is 4.79 Å². The Bertz CT molecular complexity index is 354. The van der Waals surface area contributed by atoms with E-state index in [9.17, 15) is 22.8 Å². The zero-order chi connectivity index (χ0) is 15.3. The Morgan fingerprint density at radius 2 is 1.80 bits per heavy atom. The molecule has 1 aliphatic carbocycles. The summed E-state index contributed by atoms with van der Waals surface area (Å²) in [5, 5.41) is 8.62. The van der Waals surface area contributed by atoms with Crippen LogP contribution in [0.15, 0.2) is 0 Å². The number of halogens is 3. The fraction of sp³-hybridized carbons (Fsp3) is 0.833. The highest BCUT2D eigenvalue weighted by Gasteiger charge is 2.35. The van der Waals surface area contributed by atoms with Gasteiger partial charge < -0.3 is 14.9 Å². The molecule has 0 bridgehead atoms. The van der Waals surface area contributed by atoms with Gasteiger partial charge in [-0.15, -0.1) is 0 Å². The van der Waals surface area contributed by atoms with Gasteiger partial charge in [0.05, 0.1) is 0 Å². The lowest BCUT2D eigenvalue weighted by Crippen LogP contribution is -2.48. The van der Waals surface area contributed by atoms with Gasteiger partial charge in [-0.05, 0) is 18.8 Å². The molecular weight excluding hydrogens is 277 g/mol. The van der Waals surface area contributed by atoms with E-state index in [2.05, 4.69) is 0 Å². The number of carbonyl (C=O) groups is 2. The molecule has 1 saturated carbocycles. The Morgan fingerprint density at radius 3 is 2.25 bits per heavy atom. The molecular formula is C12H19F3N2O3. The summed E-state index contributed by atoms with van der Waals surface area (Å²) in [4.78, 5) is 24.0. The Kier molecular flexibility index (Phi) is 5.64. The Hall–Kier alpha value is -1.47. The van der Waals surface area contributed by atoms with Crippen molar-refractivity contribution in [3.8, 4) is 0 Å². The van der Waals surface area contributed by atoms with Crippen LogP contribution in [-0.2, 0) is 4.79 Å². The van der Waals surface area contributed by atoms with Gasteiger partial charge >= 0.3 is 18.2 Å². The predicted molar refractivity (Wildman–Crippen MR) is 65.2 cm³/mol. The van der Waals surface area contributed by atoms with Crippen molar-refractivity contribution in [2.45, 2.75) is 31.9 Å². The van der Waals surface area contributed by atoms with Gasteiger partial charge in [0.2, 0.25) is 0 Å². The van der Waals surface area contributed by atoms with Gasteiger partial charge in [0, 0.05) is 13.6 Å². The first-order valence-electron chi connectivity index (χ1n) is 6.47. The molecule has 5 nitrogen and oxygen atoms in total. The number of carboxylic acids is 1. The van der Waals surface area contributed by atoms with Gasteiger partial charge in [0.15, 0.2) is 0 Å². The SMILES string of the molecule is CN(CC1CCCC1)C(=O)N(CC(=O)O)CC(F)(F)F. The molecule has 0 radical (unpaired) electrons. The molecule has 1 N–H and O–H groups in total. The van der Waals surface area contributed by atoms with Crippen LogP contribution in [0.3, 0.4) is 0 Å². The summed E-state index contributed by atoms with van der Waals surface area (Å²) in [6, 6.07) is -0.892. The van der Waals surface area contributed by atoms with Crippen molar-refractivity contribution in [2.75, 3.05) is 26.7 Å². The summed E-state index contributed by atoms with van der Waals surface area (Å²) in [7, 11) is 1.41. The number of nitrogens with zero attached hydrogens (tertiary/aromatic N) is 2. The maximum absolute atomic E-state index is 12.4. The standard InChI is InChI=1S/C12H19F3N2O3/c1-16(6-9-4-2-3-5-9)11(20)17(7-10(18)19)8-12(13,14)15/h9H,2-8H2,1H3,(H,18,19). The Morgan fingerprint density at radius 1 is 1.25 bits per heavy atom. The van der Waals surface area contributed by atoms with E-state index >= 15 is 0 Å². The lowest BCUT2D eigenvalue weighted by atomic mass is 10.1. The van der Waals surface area contributed by atoms with Crippen LogP contribution < -0.4 is 0 Å². The normalized spacial score (nSPS) is 16.2. The smallest absolute Gasteiger partial charge is 0.406 e. The van der Waals surface area contributed by atoms with Crippen molar-refractivity contribution in [1.82, 2.24) is 9.80 Å². The van der Waals surface area contributed by atoms with E-state index in [4.69, 9.17) is 5.11 Å². The zero-order valence-electron chi connectivity index (χ0n) is 11.3. The van der Waals surface area contributed by atoms with Crippen LogP contribution in [0.2, 0.25) is 0 Å². The van der Waals surface area contributed by atoms with E-state index < -0.39 is 31.3 Å². The number of rotatable bonds is 5. The van der Waals surface area contributed by atoms with Crippen LogP contribution in [-0.4, -0.2) is 59.8 Å². The highest BCUT2D eigenvalue weighted by Crippen LogP contribution is 2.25. The summed E-state index contributed by atoms with van der Waals surface area (Å²) in [6.45, 7) is -2.13. The highest BCUT2D eigenvalue weighted by molar-refractivity contribution is 5.80. The Labute approximate surface area is 115 Å². The summed E-state index contributed by atoms with van der Waals surface area (Å²) >= 11 is 0. The van der Waals surface area contributed by atoms with Gasteiger partial charge in [-0.1, -0.05) is 12.8 Å². The van der Waals surface area contributed by atoms with Crippen molar-refractivity contribution in [1.29, 1.82) is 0 Å². The number of amides is 2. The predicted octanol–water partition coefficient (Wildman–Crippen LogP) is 2.18. The van der Waals surface area contributed by atoms with Crippen molar-refractivity contribution >= 4 is 12.0 Å². The van der Waals surface area contributed by atoms with E-state index in [1.165, 1.54) is 11.9 Å². The third-order valence-corrected chi connectivity index (χ3v) is 3.30. The summed E-state index contributed by atoms with van der Waals surface area (Å²) in [5.41, 5.74) is 0. The van der Waals surface area contributed by atoms with Crippen molar-refractivity contribution in [2.24, 2.45) is 5.92 Å². The van der Waals surface area contributed by atoms with Crippen LogP contribution >= 0.6 is 0 Å². The first-order chi connectivity index (χ1) is 9.19. The van der Waals surface area contributed by atoms with Gasteiger partial charge in [-0.2, -0.15) is 13.2 Å². The quantitative estimate of drug-likeness (QED) is 0.846. The second-order valence-corrected chi connectivity index (χ2v) is 5.18. The minimum absolute atomic E-state index is 0.293. The molecule has 116 valence electrons. The molecule has 20 heavy (non-hydrogen) atoms. The van der Waals surface area contributed by atoms with E-state index in [-0.39, 0.29) is 0 Å².